The molecule has 1 heterocycles. The Bertz CT molecular complexity index is 1020. The zero-order valence-electron chi connectivity index (χ0n) is 15.6. The molecule has 0 aliphatic carbocycles. The number of aryl methyl sites for hydroxylation is 2. The number of hydrogen-bond acceptors (Lipinski definition) is 3. The number of amides is 2. The summed E-state index contributed by atoms with van der Waals surface area (Å²) in [6, 6.07) is 16.4. The summed E-state index contributed by atoms with van der Waals surface area (Å²) < 4.78 is 0.832. The van der Waals surface area contributed by atoms with Gasteiger partial charge in [-0.25, -0.2) is 4.98 Å². The smallest absolute Gasteiger partial charge is 0.256 e. The third kappa shape index (κ3) is 5.27. The molecular formula is C22H20BrN3O2. The number of pyridine rings is 1. The summed E-state index contributed by atoms with van der Waals surface area (Å²) in [5.74, 6) is 0.0406. The van der Waals surface area contributed by atoms with Gasteiger partial charge in [0.05, 0.1) is 6.42 Å². The van der Waals surface area contributed by atoms with Crippen molar-refractivity contribution in [2.24, 2.45) is 0 Å². The van der Waals surface area contributed by atoms with Gasteiger partial charge in [0.2, 0.25) is 5.91 Å². The van der Waals surface area contributed by atoms with E-state index in [1.807, 2.05) is 32.0 Å². The summed E-state index contributed by atoms with van der Waals surface area (Å²) in [6.45, 7) is 3.99. The van der Waals surface area contributed by atoms with Gasteiger partial charge in [0, 0.05) is 21.9 Å². The minimum Gasteiger partial charge on any atom is -0.326 e. The number of hydrogen-bond donors (Lipinski definition) is 2. The van der Waals surface area contributed by atoms with Crippen LogP contribution in [0.3, 0.4) is 0 Å². The fourth-order valence-electron chi connectivity index (χ4n) is 2.75. The molecule has 0 bridgehead atoms. The third-order valence-corrected chi connectivity index (χ3v) is 4.70. The molecule has 2 aromatic carbocycles. The van der Waals surface area contributed by atoms with Crippen molar-refractivity contribution in [3.05, 3.63) is 87.5 Å². The number of rotatable bonds is 5. The lowest BCUT2D eigenvalue weighted by molar-refractivity contribution is -0.115. The Balaban J connectivity index is 1.67. The van der Waals surface area contributed by atoms with Crippen LogP contribution in [-0.2, 0) is 11.2 Å². The zero-order valence-corrected chi connectivity index (χ0v) is 17.2. The Kier molecular flexibility index (Phi) is 6.21. The van der Waals surface area contributed by atoms with E-state index in [-0.39, 0.29) is 18.2 Å². The number of aromatic nitrogens is 1. The maximum absolute atomic E-state index is 12.4. The quantitative estimate of drug-likeness (QED) is 0.596. The van der Waals surface area contributed by atoms with Gasteiger partial charge in [0.1, 0.15) is 5.82 Å². The highest BCUT2D eigenvalue weighted by Crippen LogP contribution is 2.16. The van der Waals surface area contributed by atoms with Crippen molar-refractivity contribution in [1.82, 2.24) is 4.98 Å². The highest BCUT2D eigenvalue weighted by atomic mass is 79.9. The minimum absolute atomic E-state index is 0.124. The number of nitrogens with one attached hydrogen (secondary N) is 2. The van der Waals surface area contributed by atoms with Crippen molar-refractivity contribution in [1.29, 1.82) is 0 Å². The number of benzene rings is 2. The van der Waals surface area contributed by atoms with Crippen molar-refractivity contribution in [3.8, 4) is 0 Å². The number of halogens is 1. The average molecular weight is 438 g/mol. The molecule has 0 aliphatic heterocycles. The van der Waals surface area contributed by atoms with Crippen LogP contribution in [0, 0.1) is 13.8 Å². The van der Waals surface area contributed by atoms with Gasteiger partial charge in [0.25, 0.3) is 5.91 Å². The second kappa shape index (κ2) is 8.80. The van der Waals surface area contributed by atoms with E-state index in [1.54, 1.807) is 42.6 Å². The molecular weight excluding hydrogens is 418 g/mol. The van der Waals surface area contributed by atoms with Gasteiger partial charge in [-0.05, 0) is 71.2 Å². The fraction of sp³-hybridized carbons (Fsp3) is 0.136. The van der Waals surface area contributed by atoms with Gasteiger partial charge in [-0.15, -0.1) is 0 Å². The van der Waals surface area contributed by atoms with Gasteiger partial charge < -0.3 is 10.6 Å². The van der Waals surface area contributed by atoms with Crippen molar-refractivity contribution in [2.45, 2.75) is 20.3 Å². The maximum Gasteiger partial charge on any atom is 0.256 e. The summed E-state index contributed by atoms with van der Waals surface area (Å²) in [7, 11) is 0. The average Bonchev–Trinajstić information content (AvgIpc) is 2.66. The molecule has 142 valence electrons. The van der Waals surface area contributed by atoms with E-state index in [4.69, 9.17) is 0 Å². The van der Waals surface area contributed by atoms with Gasteiger partial charge in [0.15, 0.2) is 0 Å². The van der Waals surface area contributed by atoms with E-state index in [1.165, 1.54) is 0 Å². The van der Waals surface area contributed by atoms with Crippen molar-refractivity contribution in [3.63, 3.8) is 0 Å². The monoisotopic (exact) mass is 437 g/mol. The molecule has 0 aliphatic rings. The highest BCUT2D eigenvalue weighted by molar-refractivity contribution is 9.10. The topological polar surface area (TPSA) is 71.1 Å². The first-order valence-corrected chi connectivity index (χ1v) is 9.59. The number of carbonyl (C=O) groups excluding carboxylic acids is 2. The summed E-state index contributed by atoms with van der Waals surface area (Å²) in [5.41, 5.74) is 4.21. The minimum atomic E-state index is -0.291. The Hall–Kier alpha value is -2.99. The fourth-order valence-corrected chi connectivity index (χ4v) is 2.98. The molecule has 0 saturated heterocycles. The summed E-state index contributed by atoms with van der Waals surface area (Å²) in [6.07, 6.45) is 1.90. The van der Waals surface area contributed by atoms with Crippen molar-refractivity contribution < 1.29 is 9.59 Å². The predicted octanol–water partition coefficient (Wildman–Crippen LogP) is 4.89. The molecule has 0 unspecified atom stereocenters. The zero-order chi connectivity index (χ0) is 20.1. The second-order valence-electron chi connectivity index (χ2n) is 6.55. The molecule has 3 rings (SSSR count). The normalized spacial score (nSPS) is 10.4. The summed E-state index contributed by atoms with van der Waals surface area (Å²) in [5, 5.41) is 5.60. The first kappa shape index (κ1) is 19.8. The summed E-state index contributed by atoms with van der Waals surface area (Å²) in [4.78, 5) is 29.0. The van der Waals surface area contributed by atoms with Crippen molar-refractivity contribution >= 4 is 39.2 Å². The lowest BCUT2D eigenvalue weighted by Gasteiger charge is -2.10. The molecule has 0 fully saturated rings. The number of carbonyl (C=O) groups is 2. The van der Waals surface area contributed by atoms with E-state index in [2.05, 4.69) is 31.5 Å². The van der Waals surface area contributed by atoms with Gasteiger partial charge in [-0.1, -0.05) is 29.8 Å². The first-order valence-electron chi connectivity index (χ1n) is 8.79. The molecule has 0 spiro atoms. The number of anilines is 2. The molecule has 2 N–H and O–H groups in total. The van der Waals surface area contributed by atoms with E-state index in [9.17, 15) is 9.59 Å². The van der Waals surface area contributed by atoms with E-state index < -0.39 is 0 Å². The molecule has 28 heavy (non-hydrogen) atoms. The molecule has 1 aromatic heterocycles. The van der Waals surface area contributed by atoms with Gasteiger partial charge in [-0.3, -0.25) is 9.59 Å². The predicted molar refractivity (Wildman–Crippen MR) is 115 cm³/mol. The first-order chi connectivity index (χ1) is 13.4. The highest BCUT2D eigenvalue weighted by Gasteiger charge is 2.10. The van der Waals surface area contributed by atoms with E-state index >= 15 is 0 Å². The van der Waals surface area contributed by atoms with E-state index in [0.717, 1.165) is 21.2 Å². The largest absolute Gasteiger partial charge is 0.326 e. The standard InChI is InChI=1S/C22H20BrN3O2/c1-14-6-7-15(2)17(10-14)12-21(27)25-19-5-3-4-16(11-19)22(28)26-20-9-8-18(23)13-24-20/h3-11,13H,12H2,1-2H3,(H,25,27)(H,24,26,28). The van der Waals surface area contributed by atoms with Crippen LogP contribution in [0.1, 0.15) is 27.0 Å². The van der Waals surface area contributed by atoms with Crippen LogP contribution < -0.4 is 10.6 Å². The third-order valence-electron chi connectivity index (χ3n) is 4.23. The molecule has 5 nitrogen and oxygen atoms in total. The van der Waals surface area contributed by atoms with Crippen LogP contribution in [0.25, 0.3) is 0 Å². The lowest BCUT2D eigenvalue weighted by Crippen LogP contribution is -2.16. The lowest BCUT2D eigenvalue weighted by atomic mass is 10.0. The molecule has 0 atom stereocenters. The second-order valence-corrected chi connectivity index (χ2v) is 7.47. The van der Waals surface area contributed by atoms with Gasteiger partial charge >= 0.3 is 0 Å². The van der Waals surface area contributed by atoms with Crippen LogP contribution in [0.15, 0.2) is 65.3 Å². The molecule has 0 saturated carbocycles. The molecule has 0 radical (unpaired) electrons. The Morgan fingerprint density at radius 3 is 2.57 bits per heavy atom. The van der Waals surface area contributed by atoms with Crippen LogP contribution >= 0.6 is 15.9 Å². The van der Waals surface area contributed by atoms with Crippen LogP contribution in [-0.4, -0.2) is 16.8 Å². The maximum atomic E-state index is 12.4. The molecule has 3 aromatic rings. The Morgan fingerprint density at radius 2 is 1.82 bits per heavy atom. The van der Waals surface area contributed by atoms with E-state index in [0.29, 0.717) is 17.1 Å². The SMILES string of the molecule is Cc1ccc(C)c(CC(=O)Nc2cccc(C(=O)Nc3ccc(Br)cn3)c2)c1. The number of nitrogens with zero attached hydrogens (tertiary/aromatic N) is 1. The Labute approximate surface area is 172 Å². The Morgan fingerprint density at radius 1 is 1.00 bits per heavy atom. The van der Waals surface area contributed by atoms with Crippen molar-refractivity contribution in [2.75, 3.05) is 10.6 Å². The molecule has 2 amide bonds. The van der Waals surface area contributed by atoms with Crippen LogP contribution in [0.4, 0.5) is 11.5 Å². The summed E-state index contributed by atoms with van der Waals surface area (Å²) >= 11 is 3.31. The van der Waals surface area contributed by atoms with Gasteiger partial charge in [-0.2, -0.15) is 0 Å². The van der Waals surface area contributed by atoms with Crippen LogP contribution in [0.5, 0.6) is 0 Å². The molecule has 6 heteroatoms. The van der Waals surface area contributed by atoms with Crippen LogP contribution in [0.2, 0.25) is 0 Å².